The predicted octanol–water partition coefficient (Wildman–Crippen LogP) is 1.38. The van der Waals surface area contributed by atoms with Crippen LogP contribution in [0.1, 0.15) is 10.5 Å². The van der Waals surface area contributed by atoms with Crippen LogP contribution in [0.5, 0.6) is 0 Å². The molecule has 0 aliphatic heterocycles. The zero-order valence-corrected chi connectivity index (χ0v) is 9.76. The van der Waals surface area contributed by atoms with E-state index >= 15 is 0 Å². The molecule has 0 radical (unpaired) electrons. The highest BCUT2D eigenvalue weighted by atomic mass is 79.9. The number of halogens is 4. The second-order valence-corrected chi connectivity index (χ2v) is 3.68. The Morgan fingerprint density at radius 1 is 1.47 bits per heavy atom. The van der Waals surface area contributed by atoms with E-state index in [1.54, 1.807) is 0 Å². The Morgan fingerprint density at radius 2 is 2.00 bits per heavy atom. The van der Waals surface area contributed by atoms with E-state index in [9.17, 15) is 22.8 Å². The van der Waals surface area contributed by atoms with Gasteiger partial charge in [0.05, 0.1) is 4.47 Å². The number of rotatable bonds is 2. The summed E-state index contributed by atoms with van der Waals surface area (Å²) in [4.78, 5) is 21.3. The smallest absolute Gasteiger partial charge is 0.471 e. The number of carbonyl (C=O) groups excluding carboxylic acids is 1. The van der Waals surface area contributed by atoms with Crippen molar-refractivity contribution in [3.63, 3.8) is 0 Å². The van der Waals surface area contributed by atoms with Crippen LogP contribution in [0.25, 0.3) is 0 Å². The van der Waals surface area contributed by atoms with E-state index < -0.39 is 23.7 Å². The number of nitrogens with one attached hydrogen (secondary N) is 1. The van der Waals surface area contributed by atoms with E-state index in [1.807, 2.05) is 0 Å². The molecule has 0 aromatic carbocycles. The minimum absolute atomic E-state index is 0.231. The second-order valence-electron chi connectivity index (χ2n) is 2.89. The first kappa shape index (κ1) is 13.5. The van der Waals surface area contributed by atoms with Crippen molar-refractivity contribution in [2.75, 3.05) is 5.32 Å². The fraction of sp³-hybridized carbons (Fsp3) is 0.286. The summed E-state index contributed by atoms with van der Waals surface area (Å²) >= 11 is 2.75. The molecule has 1 aromatic rings. The number of hydrogen-bond donors (Lipinski definition) is 2. The van der Waals surface area contributed by atoms with Crippen molar-refractivity contribution in [3.8, 4) is 0 Å². The number of aromatic carboxylic acids is 1. The average molecular weight is 316 g/mol. The van der Waals surface area contributed by atoms with Crippen LogP contribution in [0.2, 0.25) is 0 Å². The predicted molar refractivity (Wildman–Crippen MR) is 52.6 cm³/mol. The molecular weight excluding hydrogens is 311 g/mol. The highest BCUT2D eigenvalue weighted by Gasteiger charge is 2.39. The number of nitrogens with zero attached hydrogens (tertiary/aromatic N) is 2. The Labute approximate surface area is 101 Å². The molecule has 0 aliphatic rings. The molecule has 1 aromatic heterocycles. The molecule has 0 bridgehead atoms. The number of aromatic nitrogens is 2. The fourth-order valence-corrected chi connectivity index (χ4v) is 1.55. The Balaban J connectivity index is 3.09. The van der Waals surface area contributed by atoms with E-state index in [0.29, 0.717) is 0 Å². The fourth-order valence-electron chi connectivity index (χ4n) is 0.949. The molecule has 2 N–H and O–H groups in total. The molecule has 0 saturated heterocycles. The van der Waals surface area contributed by atoms with Gasteiger partial charge in [0.1, 0.15) is 5.82 Å². The summed E-state index contributed by atoms with van der Waals surface area (Å²) in [7, 11) is 1.20. The normalized spacial score (nSPS) is 11.4. The van der Waals surface area contributed by atoms with Crippen LogP contribution in [0.3, 0.4) is 0 Å². The van der Waals surface area contributed by atoms with Crippen molar-refractivity contribution in [1.29, 1.82) is 0 Å². The van der Waals surface area contributed by atoms with Crippen molar-refractivity contribution < 1.29 is 27.9 Å². The quantitative estimate of drug-likeness (QED) is 0.863. The lowest BCUT2D eigenvalue weighted by Gasteiger charge is -2.08. The van der Waals surface area contributed by atoms with E-state index in [0.717, 1.165) is 4.68 Å². The van der Waals surface area contributed by atoms with Crippen LogP contribution in [0.15, 0.2) is 4.47 Å². The summed E-state index contributed by atoms with van der Waals surface area (Å²) in [6, 6.07) is 0. The second kappa shape index (κ2) is 4.35. The molecule has 17 heavy (non-hydrogen) atoms. The topological polar surface area (TPSA) is 84.2 Å². The number of amides is 1. The molecule has 1 rings (SSSR count). The Hall–Kier alpha value is -1.58. The third kappa shape index (κ3) is 2.75. The Kier molecular flexibility index (Phi) is 3.45. The molecule has 94 valence electrons. The van der Waals surface area contributed by atoms with Gasteiger partial charge in [-0.2, -0.15) is 18.3 Å². The number of hydrogen-bond acceptors (Lipinski definition) is 3. The van der Waals surface area contributed by atoms with Crippen LogP contribution in [-0.4, -0.2) is 32.9 Å². The SMILES string of the molecule is Cn1nc(C(=O)O)c(Br)c1NC(=O)C(F)(F)F. The van der Waals surface area contributed by atoms with E-state index in [-0.39, 0.29) is 10.3 Å². The maximum absolute atomic E-state index is 12.0. The molecule has 10 heteroatoms. The Bertz CT molecular complexity index is 483. The summed E-state index contributed by atoms with van der Waals surface area (Å²) in [5.41, 5.74) is -0.495. The minimum Gasteiger partial charge on any atom is -0.476 e. The van der Waals surface area contributed by atoms with Crippen molar-refractivity contribution in [1.82, 2.24) is 9.78 Å². The molecule has 1 amide bonds. The number of carbonyl (C=O) groups is 2. The summed E-state index contributed by atoms with van der Waals surface area (Å²) in [5.74, 6) is -4.03. The van der Waals surface area contributed by atoms with E-state index in [4.69, 9.17) is 5.11 Å². The number of aryl methyl sites for hydroxylation is 1. The Morgan fingerprint density at radius 3 is 2.35 bits per heavy atom. The zero-order chi connectivity index (χ0) is 13.4. The third-order valence-corrected chi connectivity index (χ3v) is 2.43. The van der Waals surface area contributed by atoms with Crippen molar-refractivity contribution >= 4 is 33.6 Å². The number of carboxylic acid groups (broad SMARTS) is 1. The van der Waals surface area contributed by atoms with Crippen molar-refractivity contribution in [3.05, 3.63) is 10.2 Å². The monoisotopic (exact) mass is 315 g/mol. The lowest BCUT2D eigenvalue weighted by atomic mass is 10.4. The molecule has 0 fully saturated rings. The van der Waals surface area contributed by atoms with Gasteiger partial charge in [0.2, 0.25) is 0 Å². The van der Waals surface area contributed by atoms with Gasteiger partial charge in [-0.05, 0) is 15.9 Å². The zero-order valence-electron chi connectivity index (χ0n) is 8.17. The molecule has 0 unspecified atom stereocenters. The highest BCUT2D eigenvalue weighted by Crippen LogP contribution is 2.27. The van der Waals surface area contributed by atoms with Crippen LogP contribution in [0.4, 0.5) is 19.0 Å². The molecule has 0 atom stereocenters. The van der Waals surface area contributed by atoms with E-state index in [1.165, 1.54) is 12.4 Å². The van der Waals surface area contributed by atoms with Gasteiger partial charge in [-0.15, -0.1) is 0 Å². The summed E-state index contributed by atoms with van der Waals surface area (Å²) < 4.78 is 36.6. The molecule has 0 saturated carbocycles. The van der Waals surface area contributed by atoms with Crippen molar-refractivity contribution in [2.45, 2.75) is 6.18 Å². The lowest BCUT2D eigenvalue weighted by Crippen LogP contribution is -2.30. The number of anilines is 1. The van der Waals surface area contributed by atoms with Crippen LogP contribution in [-0.2, 0) is 11.8 Å². The van der Waals surface area contributed by atoms with E-state index in [2.05, 4.69) is 21.0 Å². The van der Waals surface area contributed by atoms with Gasteiger partial charge in [-0.1, -0.05) is 0 Å². The molecular formula is C7H5BrF3N3O3. The number of carboxylic acids is 1. The minimum atomic E-state index is -5.06. The van der Waals surface area contributed by atoms with Crippen LogP contribution in [0, 0.1) is 0 Å². The first-order valence-corrected chi connectivity index (χ1v) is 4.78. The molecule has 6 nitrogen and oxygen atoms in total. The average Bonchev–Trinajstić information content (AvgIpc) is 2.44. The maximum atomic E-state index is 12.0. The van der Waals surface area contributed by atoms with Gasteiger partial charge >= 0.3 is 18.1 Å². The lowest BCUT2D eigenvalue weighted by molar-refractivity contribution is -0.167. The van der Waals surface area contributed by atoms with Gasteiger partial charge in [0.25, 0.3) is 0 Å². The van der Waals surface area contributed by atoms with Gasteiger partial charge < -0.3 is 10.4 Å². The molecule has 1 heterocycles. The van der Waals surface area contributed by atoms with Gasteiger partial charge in [-0.3, -0.25) is 9.48 Å². The highest BCUT2D eigenvalue weighted by molar-refractivity contribution is 9.10. The van der Waals surface area contributed by atoms with Crippen LogP contribution < -0.4 is 5.32 Å². The maximum Gasteiger partial charge on any atom is 0.471 e. The number of alkyl halides is 3. The van der Waals surface area contributed by atoms with Gasteiger partial charge in [-0.25, -0.2) is 4.79 Å². The molecule has 0 spiro atoms. The van der Waals surface area contributed by atoms with Gasteiger partial charge in [0, 0.05) is 7.05 Å². The van der Waals surface area contributed by atoms with Crippen molar-refractivity contribution in [2.24, 2.45) is 7.05 Å². The largest absolute Gasteiger partial charge is 0.476 e. The summed E-state index contributed by atoms with van der Waals surface area (Å²) in [5, 5.41) is 13.6. The van der Waals surface area contributed by atoms with Crippen LogP contribution >= 0.6 is 15.9 Å². The van der Waals surface area contributed by atoms with Gasteiger partial charge in [0.15, 0.2) is 5.69 Å². The molecule has 0 aliphatic carbocycles. The first-order chi connectivity index (χ1) is 7.64. The standard InChI is InChI=1S/C7H5BrF3N3O3/c1-14-4(12-6(17)7(9,10)11)2(8)3(13-14)5(15)16/h1H3,(H,12,17)(H,15,16). The summed E-state index contributed by atoms with van der Waals surface area (Å²) in [6.07, 6.45) is -5.06. The third-order valence-electron chi connectivity index (χ3n) is 1.68. The summed E-state index contributed by atoms with van der Waals surface area (Å²) in [6.45, 7) is 0. The first-order valence-electron chi connectivity index (χ1n) is 3.98.